The fourth-order valence-electron chi connectivity index (χ4n) is 2.24. The van der Waals surface area contributed by atoms with Crippen LogP contribution >= 0.6 is 0 Å². The van der Waals surface area contributed by atoms with Gasteiger partial charge < -0.3 is 15.4 Å². The van der Waals surface area contributed by atoms with Crippen molar-refractivity contribution in [2.24, 2.45) is 0 Å². The van der Waals surface area contributed by atoms with E-state index in [0.717, 1.165) is 32.6 Å². The Kier molecular flexibility index (Phi) is 3.93. The topological polar surface area (TPSA) is 81.2 Å². The molecule has 6 nitrogen and oxygen atoms in total. The summed E-state index contributed by atoms with van der Waals surface area (Å²) >= 11 is 0. The van der Waals surface area contributed by atoms with Gasteiger partial charge in [0.1, 0.15) is 5.82 Å². The number of nitrogens with zero attached hydrogens (tertiary/aromatic N) is 2. The summed E-state index contributed by atoms with van der Waals surface area (Å²) in [6, 6.07) is -0.105. The van der Waals surface area contributed by atoms with Gasteiger partial charge in [-0.1, -0.05) is 6.92 Å². The normalized spacial score (nSPS) is 18.8. The summed E-state index contributed by atoms with van der Waals surface area (Å²) in [5.74, 6) is -1.74. The van der Waals surface area contributed by atoms with Gasteiger partial charge in [0.2, 0.25) is 5.82 Å². The van der Waals surface area contributed by atoms with Crippen molar-refractivity contribution in [1.29, 1.82) is 0 Å². The van der Waals surface area contributed by atoms with Crippen molar-refractivity contribution in [2.75, 3.05) is 26.2 Å². The van der Waals surface area contributed by atoms with E-state index < -0.39 is 17.3 Å². The lowest BCUT2D eigenvalue weighted by Gasteiger charge is -2.33. The fraction of sp³-hybridized carbons (Fsp3) is 0.636. The van der Waals surface area contributed by atoms with E-state index in [9.17, 15) is 14.3 Å². The van der Waals surface area contributed by atoms with Crippen molar-refractivity contribution >= 4 is 0 Å². The molecule has 7 heteroatoms. The zero-order valence-corrected chi connectivity index (χ0v) is 10.2. The Labute approximate surface area is 104 Å². The first-order valence-corrected chi connectivity index (χ1v) is 6.07. The van der Waals surface area contributed by atoms with E-state index in [1.165, 1.54) is 0 Å². The molecule has 3 N–H and O–H groups in total. The molecule has 1 aliphatic rings. The number of piperazine rings is 1. The van der Waals surface area contributed by atoms with Gasteiger partial charge >= 0.3 is 0 Å². The predicted octanol–water partition coefficient (Wildman–Crippen LogP) is -0.0291. The molecule has 0 aliphatic carbocycles. The molecule has 0 aromatic carbocycles. The molecule has 1 aliphatic heterocycles. The summed E-state index contributed by atoms with van der Waals surface area (Å²) in [5, 5.41) is 12.5. The van der Waals surface area contributed by atoms with Crippen LogP contribution in [-0.2, 0) is 0 Å². The van der Waals surface area contributed by atoms with Crippen molar-refractivity contribution in [2.45, 2.75) is 19.4 Å². The largest absolute Gasteiger partial charge is 0.491 e. The number of halogens is 1. The van der Waals surface area contributed by atoms with Crippen molar-refractivity contribution < 1.29 is 9.50 Å². The number of nitrogens with one attached hydrogen (secondary N) is 2. The molecule has 0 spiro atoms. The van der Waals surface area contributed by atoms with Crippen molar-refractivity contribution in [3.05, 3.63) is 22.0 Å². The Bertz CT molecular complexity index is 471. The molecule has 1 atom stereocenters. The molecule has 2 rings (SSSR count). The number of hydrogen-bond donors (Lipinski definition) is 3. The smallest absolute Gasteiger partial charge is 0.291 e. The minimum atomic E-state index is -1.23. The minimum absolute atomic E-state index is 0.105. The first kappa shape index (κ1) is 13.0. The molecule has 0 bridgehead atoms. The molecule has 1 aromatic rings. The Morgan fingerprint density at radius 3 is 2.72 bits per heavy atom. The highest BCUT2D eigenvalue weighted by atomic mass is 19.1. The van der Waals surface area contributed by atoms with E-state index >= 15 is 0 Å². The Morgan fingerprint density at radius 2 is 2.17 bits per heavy atom. The van der Waals surface area contributed by atoms with Gasteiger partial charge in [0.25, 0.3) is 11.4 Å². The number of aromatic amines is 1. The van der Waals surface area contributed by atoms with Crippen molar-refractivity contribution in [3.8, 4) is 5.88 Å². The monoisotopic (exact) mass is 256 g/mol. The summed E-state index contributed by atoms with van der Waals surface area (Å²) in [6.07, 6.45) is 0.730. The van der Waals surface area contributed by atoms with E-state index in [2.05, 4.69) is 20.2 Å². The number of aromatic hydroxyl groups is 1. The van der Waals surface area contributed by atoms with Crippen LogP contribution in [0.2, 0.25) is 0 Å². The van der Waals surface area contributed by atoms with Crippen molar-refractivity contribution in [1.82, 2.24) is 20.2 Å². The van der Waals surface area contributed by atoms with Gasteiger partial charge in [-0.05, 0) is 6.42 Å². The summed E-state index contributed by atoms with van der Waals surface area (Å²) in [6.45, 7) is 5.37. The molecular formula is C11H17FN4O2. The quantitative estimate of drug-likeness (QED) is 0.707. The average Bonchev–Trinajstić information content (AvgIpc) is 2.38. The molecule has 2 heterocycles. The standard InChI is InChI=1S/C11H17FN4O2/c1-2-7(16-5-3-13-4-6-16)9-14-10(17)8(12)11(18)15-9/h7,13H,2-6H2,1H3,(H2,14,15,17,18). The minimum Gasteiger partial charge on any atom is -0.491 e. The Balaban J connectivity index is 2.29. The molecule has 0 radical (unpaired) electrons. The van der Waals surface area contributed by atoms with Crippen LogP contribution in [0.25, 0.3) is 0 Å². The van der Waals surface area contributed by atoms with Gasteiger partial charge in [-0.25, -0.2) is 0 Å². The number of rotatable bonds is 3. The Hall–Kier alpha value is -1.47. The number of aromatic nitrogens is 2. The predicted molar refractivity (Wildman–Crippen MR) is 64.0 cm³/mol. The third-order valence-corrected chi connectivity index (χ3v) is 3.16. The van der Waals surface area contributed by atoms with Gasteiger partial charge in [-0.15, -0.1) is 0 Å². The second kappa shape index (κ2) is 5.45. The van der Waals surface area contributed by atoms with E-state index in [4.69, 9.17) is 0 Å². The number of hydrogen-bond acceptors (Lipinski definition) is 5. The second-order valence-corrected chi connectivity index (χ2v) is 4.30. The SMILES string of the molecule is CCC(c1nc(O)c(F)c(=O)[nH]1)N1CCNCC1. The average molecular weight is 256 g/mol. The van der Waals surface area contributed by atoms with Crippen LogP contribution in [0, 0.1) is 5.82 Å². The fourth-order valence-corrected chi connectivity index (χ4v) is 2.24. The lowest BCUT2D eigenvalue weighted by atomic mass is 10.1. The first-order valence-electron chi connectivity index (χ1n) is 6.07. The van der Waals surface area contributed by atoms with Gasteiger partial charge in [0.15, 0.2) is 0 Å². The van der Waals surface area contributed by atoms with Crippen LogP contribution in [0.4, 0.5) is 4.39 Å². The summed E-state index contributed by atoms with van der Waals surface area (Å²) in [5.41, 5.74) is -0.925. The highest BCUT2D eigenvalue weighted by Crippen LogP contribution is 2.22. The second-order valence-electron chi connectivity index (χ2n) is 4.30. The summed E-state index contributed by atoms with van der Waals surface area (Å²) < 4.78 is 13.0. The lowest BCUT2D eigenvalue weighted by molar-refractivity contribution is 0.161. The van der Waals surface area contributed by atoms with E-state index in [1.807, 2.05) is 6.92 Å². The molecule has 1 fully saturated rings. The highest BCUT2D eigenvalue weighted by Gasteiger charge is 2.24. The maximum atomic E-state index is 13.0. The molecule has 1 aromatic heterocycles. The van der Waals surface area contributed by atoms with Gasteiger partial charge in [0, 0.05) is 26.2 Å². The Morgan fingerprint density at radius 1 is 1.50 bits per heavy atom. The lowest BCUT2D eigenvalue weighted by Crippen LogP contribution is -2.45. The summed E-state index contributed by atoms with van der Waals surface area (Å²) in [7, 11) is 0. The van der Waals surface area contributed by atoms with E-state index in [-0.39, 0.29) is 6.04 Å². The molecule has 1 saturated heterocycles. The molecule has 0 saturated carbocycles. The maximum Gasteiger partial charge on any atom is 0.291 e. The summed E-state index contributed by atoms with van der Waals surface area (Å²) in [4.78, 5) is 19.6. The molecule has 18 heavy (non-hydrogen) atoms. The molecular weight excluding hydrogens is 239 g/mol. The molecule has 100 valence electrons. The molecule has 0 amide bonds. The van der Waals surface area contributed by atoms with Crippen LogP contribution in [0.5, 0.6) is 5.88 Å². The van der Waals surface area contributed by atoms with E-state index in [0.29, 0.717) is 5.82 Å². The van der Waals surface area contributed by atoms with Crippen LogP contribution in [-0.4, -0.2) is 46.2 Å². The molecule has 1 unspecified atom stereocenters. The maximum absolute atomic E-state index is 13.0. The van der Waals surface area contributed by atoms with Crippen LogP contribution in [0.1, 0.15) is 25.2 Å². The third kappa shape index (κ3) is 2.51. The van der Waals surface area contributed by atoms with Crippen LogP contribution in [0.3, 0.4) is 0 Å². The van der Waals surface area contributed by atoms with E-state index in [1.54, 1.807) is 0 Å². The first-order chi connectivity index (χ1) is 8.63. The van der Waals surface area contributed by atoms with Crippen molar-refractivity contribution in [3.63, 3.8) is 0 Å². The zero-order valence-electron chi connectivity index (χ0n) is 10.2. The highest BCUT2D eigenvalue weighted by molar-refractivity contribution is 5.12. The van der Waals surface area contributed by atoms with Gasteiger partial charge in [-0.3, -0.25) is 9.69 Å². The van der Waals surface area contributed by atoms with Gasteiger partial charge in [0.05, 0.1) is 6.04 Å². The third-order valence-electron chi connectivity index (χ3n) is 3.16. The van der Waals surface area contributed by atoms with Crippen LogP contribution < -0.4 is 10.9 Å². The zero-order chi connectivity index (χ0) is 13.1. The number of H-pyrrole nitrogens is 1. The van der Waals surface area contributed by atoms with Crippen LogP contribution in [0.15, 0.2) is 4.79 Å². The van der Waals surface area contributed by atoms with Gasteiger partial charge in [-0.2, -0.15) is 9.37 Å².